The molecule has 0 aliphatic heterocycles. The summed E-state index contributed by atoms with van der Waals surface area (Å²) in [6.45, 7) is 0. The van der Waals surface area contributed by atoms with E-state index in [1.54, 1.807) is 0 Å². The Balaban J connectivity index is 1.02. The van der Waals surface area contributed by atoms with Gasteiger partial charge in [0.1, 0.15) is 0 Å². The van der Waals surface area contributed by atoms with E-state index < -0.39 is 0 Å². The Morgan fingerprint density at radius 1 is 0.269 bits per heavy atom. The standard InChI is InChI=1S/C50H33NS/c1-2-9-34(10-3-1)38-13-8-14-45(32-38)51(46-27-28-50-48(33-46)47-15-6-7-16-49(47)52-50)44-25-23-36(24-26-44)39-19-20-42-31-43(22-21-41(42)30-39)40-18-17-35-11-4-5-12-37(35)29-40/h1-33H. The highest BCUT2D eigenvalue weighted by molar-refractivity contribution is 7.25. The number of benzene rings is 9. The lowest BCUT2D eigenvalue weighted by Gasteiger charge is -2.26. The molecule has 52 heavy (non-hydrogen) atoms. The van der Waals surface area contributed by atoms with Gasteiger partial charge in [-0.2, -0.15) is 0 Å². The van der Waals surface area contributed by atoms with Crippen molar-refractivity contribution in [2.45, 2.75) is 0 Å². The molecule has 2 heteroatoms. The van der Waals surface area contributed by atoms with Crippen molar-refractivity contribution in [3.05, 3.63) is 200 Å². The van der Waals surface area contributed by atoms with Crippen LogP contribution in [0.1, 0.15) is 0 Å². The average Bonchev–Trinajstić information content (AvgIpc) is 3.59. The minimum Gasteiger partial charge on any atom is -0.310 e. The zero-order chi connectivity index (χ0) is 34.4. The first-order valence-electron chi connectivity index (χ1n) is 17.7. The van der Waals surface area contributed by atoms with E-state index in [1.165, 1.54) is 75.1 Å². The zero-order valence-electron chi connectivity index (χ0n) is 28.4. The van der Waals surface area contributed by atoms with Gasteiger partial charge in [-0.25, -0.2) is 0 Å². The first-order valence-corrected chi connectivity index (χ1v) is 18.6. The van der Waals surface area contributed by atoms with Crippen LogP contribution < -0.4 is 4.90 Å². The summed E-state index contributed by atoms with van der Waals surface area (Å²) < 4.78 is 2.62. The van der Waals surface area contributed by atoms with Crippen LogP contribution in [0.4, 0.5) is 17.1 Å². The maximum atomic E-state index is 2.39. The molecule has 10 rings (SSSR count). The largest absolute Gasteiger partial charge is 0.310 e. The van der Waals surface area contributed by atoms with Gasteiger partial charge in [0, 0.05) is 37.2 Å². The van der Waals surface area contributed by atoms with Gasteiger partial charge in [-0.3, -0.25) is 0 Å². The number of nitrogens with zero attached hydrogens (tertiary/aromatic N) is 1. The van der Waals surface area contributed by atoms with E-state index in [0.29, 0.717) is 0 Å². The lowest BCUT2D eigenvalue weighted by Crippen LogP contribution is -2.10. The van der Waals surface area contributed by atoms with Crippen molar-refractivity contribution in [3.63, 3.8) is 0 Å². The van der Waals surface area contributed by atoms with Crippen molar-refractivity contribution in [1.29, 1.82) is 0 Å². The smallest absolute Gasteiger partial charge is 0.0468 e. The quantitative estimate of drug-likeness (QED) is 0.169. The lowest BCUT2D eigenvalue weighted by atomic mass is 9.96. The molecule has 0 amide bonds. The van der Waals surface area contributed by atoms with Crippen molar-refractivity contribution in [2.75, 3.05) is 4.90 Å². The van der Waals surface area contributed by atoms with Crippen LogP contribution >= 0.6 is 11.3 Å². The van der Waals surface area contributed by atoms with E-state index in [2.05, 4.69) is 205 Å². The Labute approximate surface area is 307 Å². The molecule has 9 aromatic carbocycles. The van der Waals surface area contributed by atoms with Crippen LogP contribution in [0.5, 0.6) is 0 Å². The summed E-state index contributed by atoms with van der Waals surface area (Å²) in [7, 11) is 0. The topological polar surface area (TPSA) is 3.24 Å². The van der Waals surface area contributed by atoms with Crippen molar-refractivity contribution >= 4 is 70.1 Å². The maximum absolute atomic E-state index is 2.39. The molecule has 0 saturated carbocycles. The van der Waals surface area contributed by atoms with Gasteiger partial charge in [0.25, 0.3) is 0 Å². The monoisotopic (exact) mass is 679 g/mol. The van der Waals surface area contributed by atoms with Crippen molar-refractivity contribution in [1.82, 2.24) is 0 Å². The van der Waals surface area contributed by atoms with E-state index in [-0.39, 0.29) is 0 Å². The Morgan fingerprint density at radius 2 is 0.769 bits per heavy atom. The van der Waals surface area contributed by atoms with Crippen LogP contribution in [-0.2, 0) is 0 Å². The van der Waals surface area contributed by atoms with Crippen LogP contribution in [0.2, 0.25) is 0 Å². The number of fused-ring (bicyclic) bond motifs is 5. The molecule has 0 spiro atoms. The van der Waals surface area contributed by atoms with Crippen molar-refractivity contribution in [3.8, 4) is 33.4 Å². The molecule has 0 fully saturated rings. The fourth-order valence-electron chi connectivity index (χ4n) is 7.53. The molecular weight excluding hydrogens is 647 g/mol. The number of rotatable bonds is 6. The second-order valence-electron chi connectivity index (χ2n) is 13.4. The van der Waals surface area contributed by atoms with Crippen molar-refractivity contribution in [2.24, 2.45) is 0 Å². The van der Waals surface area contributed by atoms with E-state index in [9.17, 15) is 0 Å². The van der Waals surface area contributed by atoms with E-state index in [0.717, 1.165) is 17.1 Å². The minimum atomic E-state index is 1.12. The van der Waals surface area contributed by atoms with Gasteiger partial charge in [-0.15, -0.1) is 11.3 Å². The highest BCUT2D eigenvalue weighted by Gasteiger charge is 2.16. The Hall–Kier alpha value is -6.48. The average molecular weight is 680 g/mol. The summed E-state index contributed by atoms with van der Waals surface area (Å²) >= 11 is 1.85. The second kappa shape index (κ2) is 12.7. The molecule has 0 bridgehead atoms. The van der Waals surface area contributed by atoms with Crippen LogP contribution in [0.3, 0.4) is 0 Å². The summed E-state index contributed by atoms with van der Waals surface area (Å²) in [4.78, 5) is 2.39. The molecular formula is C50H33NS. The SMILES string of the molecule is c1ccc(-c2cccc(N(c3ccc(-c4ccc5cc(-c6ccc7ccccc7c6)ccc5c4)cc3)c3ccc4sc5ccccc5c4c3)c2)cc1. The van der Waals surface area contributed by atoms with E-state index in [4.69, 9.17) is 0 Å². The van der Waals surface area contributed by atoms with Gasteiger partial charge in [0.2, 0.25) is 0 Å². The first kappa shape index (κ1) is 30.4. The Kier molecular flexibility index (Phi) is 7.41. The Morgan fingerprint density at radius 3 is 1.54 bits per heavy atom. The lowest BCUT2D eigenvalue weighted by molar-refractivity contribution is 1.29. The predicted molar refractivity (Wildman–Crippen MR) is 225 cm³/mol. The molecule has 244 valence electrons. The third kappa shape index (κ3) is 5.51. The summed E-state index contributed by atoms with van der Waals surface area (Å²) in [5, 5.41) is 7.61. The summed E-state index contributed by atoms with van der Waals surface area (Å²) in [5.41, 5.74) is 10.7. The molecule has 0 aliphatic carbocycles. The fraction of sp³-hybridized carbons (Fsp3) is 0. The van der Waals surface area contributed by atoms with Gasteiger partial charge in [-0.1, -0.05) is 133 Å². The molecule has 0 atom stereocenters. The van der Waals surface area contributed by atoms with Crippen LogP contribution in [0.15, 0.2) is 200 Å². The van der Waals surface area contributed by atoms with Gasteiger partial charge in [0.05, 0.1) is 0 Å². The molecule has 0 unspecified atom stereocenters. The van der Waals surface area contributed by atoms with Gasteiger partial charge < -0.3 is 4.90 Å². The Bertz CT molecular complexity index is 2900. The number of thiophene rings is 1. The van der Waals surface area contributed by atoms with Crippen LogP contribution in [-0.4, -0.2) is 0 Å². The third-order valence-electron chi connectivity index (χ3n) is 10.2. The van der Waals surface area contributed by atoms with E-state index >= 15 is 0 Å². The van der Waals surface area contributed by atoms with Gasteiger partial charge in [-0.05, 0) is 122 Å². The fourth-order valence-corrected chi connectivity index (χ4v) is 8.62. The van der Waals surface area contributed by atoms with Gasteiger partial charge >= 0.3 is 0 Å². The molecule has 1 aromatic heterocycles. The molecule has 1 heterocycles. The summed E-state index contributed by atoms with van der Waals surface area (Å²) in [5.74, 6) is 0. The molecule has 1 nitrogen and oxygen atoms in total. The molecule has 0 saturated heterocycles. The van der Waals surface area contributed by atoms with Crippen molar-refractivity contribution < 1.29 is 0 Å². The molecule has 0 aliphatic rings. The number of anilines is 3. The van der Waals surface area contributed by atoms with E-state index in [1.807, 2.05) is 11.3 Å². The highest BCUT2D eigenvalue weighted by Crippen LogP contribution is 2.42. The van der Waals surface area contributed by atoms with Crippen LogP contribution in [0.25, 0.3) is 75.1 Å². The number of hydrogen-bond donors (Lipinski definition) is 0. The summed E-state index contributed by atoms with van der Waals surface area (Å²) in [6, 6.07) is 73.0. The first-order chi connectivity index (χ1) is 25.7. The normalized spacial score (nSPS) is 11.5. The van der Waals surface area contributed by atoms with Crippen LogP contribution in [0, 0.1) is 0 Å². The maximum Gasteiger partial charge on any atom is 0.0468 e. The van der Waals surface area contributed by atoms with Gasteiger partial charge in [0.15, 0.2) is 0 Å². The molecule has 0 N–H and O–H groups in total. The molecule has 0 radical (unpaired) electrons. The third-order valence-corrected chi connectivity index (χ3v) is 11.4. The highest BCUT2D eigenvalue weighted by atomic mass is 32.1. The zero-order valence-corrected chi connectivity index (χ0v) is 29.2. The molecule has 10 aromatic rings. The minimum absolute atomic E-state index is 1.12. The number of hydrogen-bond acceptors (Lipinski definition) is 2. The predicted octanol–water partition coefficient (Wildman–Crippen LogP) is 14.8. The second-order valence-corrected chi connectivity index (χ2v) is 14.5. The summed E-state index contributed by atoms with van der Waals surface area (Å²) in [6.07, 6.45) is 0.